The molecule has 0 bridgehead atoms. The maximum Gasteiger partial charge on any atom is 0.226 e. The van der Waals surface area contributed by atoms with Gasteiger partial charge in [-0.25, -0.2) is 4.98 Å². The Labute approximate surface area is 152 Å². The Morgan fingerprint density at radius 2 is 1.85 bits per heavy atom. The molecule has 0 saturated carbocycles. The summed E-state index contributed by atoms with van der Waals surface area (Å²) in [5.41, 5.74) is 2.77. The zero-order valence-electron chi connectivity index (χ0n) is 14.4. The molecule has 2 aromatic carbocycles. The van der Waals surface area contributed by atoms with Gasteiger partial charge in [-0.05, 0) is 36.8 Å². The van der Waals surface area contributed by atoms with Crippen molar-refractivity contribution in [1.82, 2.24) is 4.98 Å². The third-order valence-corrected chi connectivity index (χ3v) is 3.74. The van der Waals surface area contributed by atoms with Crippen molar-refractivity contribution >= 4 is 6.08 Å². The zero-order chi connectivity index (χ0) is 18.2. The van der Waals surface area contributed by atoms with Crippen molar-refractivity contribution in [3.05, 3.63) is 89.8 Å². The molecule has 0 aliphatic rings. The van der Waals surface area contributed by atoms with E-state index in [9.17, 15) is 0 Å². The third kappa shape index (κ3) is 4.49. The van der Waals surface area contributed by atoms with Crippen molar-refractivity contribution in [2.24, 2.45) is 0 Å². The molecule has 0 amide bonds. The number of hydrogen-bond acceptors (Lipinski definition) is 4. The molecular formula is C22H18N2O2. The molecule has 0 unspecified atom stereocenters. The molecule has 0 fully saturated rings. The fourth-order valence-electron chi connectivity index (χ4n) is 2.36. The summed E-state index contributed by atoms with van der Waals surface area (Å²) in [4.78, 5) is 4.53. The van der Waals surface area contributed by atoms with Crippen LogP contribution in [0.2, 0.25) is 0 Å². The lowest BCUT2D eigenvalue weighted by Crippen LogP contribution is -1.97. The lowest BCUT2D eigenvalue weighted by Gasteiger charge is -2.04. The van der Waals surface area contributed by atoms with Crippen LogP contribution in [0.15, 0.2) is 77.2 Å². The van der Waals surface area contributed by atoms with Crippen LogP contribution in [0.3, 0.4) is 0 Å². The Kier molecular flexibility index (Phi) is 5.64. The van der Waals surface area contributed by atoms with Gasteiger partial charge in [-0.1, -0.05) is 48.6 Å². The lowest BCUT2D eigenvalue weighted by atomic mass is 10.2. The number of aromatic nitrogens is 1. The third-order valence-electron chi connectivity index (χ3n) is 3.74. The molecule has 1 aromatic heterocycles. The molecule has 4 heteroatoms. The zero-order valence-corrected chi connectivity index (χ0v) is 14.4. The lowest BCUT2D eigenvalue weighted by molar-refractivity contribution is 0.299. The van der Waals surface area contributed by atoms with Gasteiger partial charge in [0.25, 0.3) is 0 Å². The van der Waals surface area contributed by atoms with Crippen LogP contribution < -0.4 is 4.74 Å². The Morgan fingerprint density at radius 3 is 2.58 bits per heavy atom. The maximum absolute atomic E-state index is 8.44. The van der Waals surface area contributed by atoms with Gasteiger partial charge in [0, 0.05) is 11.6 Å². The number of rotatable bonds is 6. The summed E-state index contributed by atoms with van der Waals surface area (Å²) in [7, 11) is 0. The Morgan fingerprint density at radius 1 is 1.08 bits per heavy atom. The van der Waals surface area contributed by atoms with Crippen LogP contribution in [-0.2, 0) is 6.61 Å². The first-order valence-corrected chi connectivity index (χ1v) is 8.23. The first-order chi connectivity index (χ1) is 12.8. The van der Waals surface area contributed by atoms with Crippen molar-refractivity contribution < 1.29 is 9.15 Å². The van der Waals surface area contributed by atoms with Crippen molar-refractivity contribution in [3.8, 4) is 23.3 Å². The van der Waals surface area contributed by atoms with E-state index in [1.807, 2.05) is 79.7 Å². The summed E-state index contributed by atoms with van der Waals surface area (Å²) in [6.07, 6.45) is 6.87. The van der Waals surface area contributed by atoms with Crippen molar-refractivity contribution in [1.29, 1.82) is 5.26 Å². The molecule has 0 N–H and O–H groups in total. The Balaban J connectivity index is 1.63. The maximum atomic E-state index is 8.44. The fraction of sp³-hybridized carbons (Fsp3) is 0.0909. The second kappa shape index (κ2) is 8.50. The number of hydrogen-bond donors (Lipinski definition) is 0. The molecule has 4 nitrogen and oxygen atoms in total. The van der Waals surface area contributed by atoms with Crippen LogP contribution in [0, 0.1) is 18.3 Å². The molecule has 0 aliphatic heterocycles. The molecular weight excluding hydrogens is 324 g/mol. The normalized spacial score (nSPS) is 11.1. The van der Waals surface area contributed by atoms with Crippen LogP contribution in [-0.4, -0.2) is 4.98 Å². The minimum atomic E-state index is 0.349. The first kappa shape index (κ1) is 17.2. The highest BCUT2D eigenvalue weighted by Crippen LogP contribution is 2.22. The summed E-state index contributed by atoms with van der Waals surface area (Å²) in [6.45, 7) is 2.24. The van der Waals surface area contributed by atoms with Crippen LogP contribution in [0.5, 0.6) is 5.75 Å². The van der Waals surface area contributed by atoms with E-state index in [4.69, 9.17) is 14.4 Å². The minimum absolute atomic E-state index is 0.349. The van der Waals surface area contributed by atoms with E-state index in [0.717, 1.165) is 28.3 Å². The van der Waals surface area contributed by atoms with E-state index in [1.54, 1.807) is 6.08 Å². The molecule has 0 aliphatic carbocycles. The number of nitrogens with zero attached hydrogens (tertiary/aromatic N) is 2. The van der Waals surface area contributed by atoms with E-state index < -0.39 is 0 Å². The van der Waals surface area contributed by atoms with E-state index in [2.05, 4.69) is 4.98 Å². The smallest absolute Gasteiger partial charge is 0.226 e. The summed E-state index contributed by atoms with van der Waals surface area (Å²) in [5.74, 6) is 2.12. The first-order valence-electron chi connectivity index (χ1n) is 8.23. The number of ether oxygens (including phenoxy) is 1. The molecule has 0 radical (unpaired) electrons. The van der Waals surface area contributed by atoms with Gasteiger partial charge in [-0.3, -0.25) is 0 Å². The van der Waals surface area contributed by atoms with Crippen LogP contribution in [0.25, 0.3) is 17.5 Å². The summed E-state index contributed by atoms with van der Waals surface area (Å²) in [6, 6.07) is 19.5. The molecule has 26 heavy (non-hydrogen) atoms. The van der Waals surface area contributed by atoms with Crippen molar-refractivity contribution in [3.63, 3.8) is 0 Å². The molecule has 3 rings (SSSR count). The Hall–Kier alpha value is -3.58. The number of oxazole rings is 1. The van der Waals surface area contributed by atoms with E-state index in [0.29, 0.717) is 12.5 Å². The highest BCUT2D eigenvalue weighted by molar-refractivity contribution is 5.53. The number of benzene rings is 2. The van der Waals surface area contributed by atoms with E-state index in [1.165, 1.54) is 6.08 Å². The van der Waals surface area contributed by atoms with Gasteiger partial charge in [-0.2, -0.15) is 5.26 Å². The predicted molar refractivity (Wildman–Crippen MR) is 101 cm³/mol. The summed E-state index contributed by atoms with van der Waals surface area (Å²) >= 11 is 0. The minimum Gasteiger partial charge on any atom is -0.487 e. The fourth-order valence-corrected chi connectivity index (χ4v) is 2.36. The van der Waals surface area contributed by atoms with Crippen LogP contribution in [0.4, 0.5) is 0 Å². The quantitative estimate of drug-likeness (QED) is 0.449. The summed E-state index contributed by atoms with van der Waals surface area (Å²) < 4.78 is 11.6. The monoisotopic (exact) mass is 342 g/mol. The largest absolute Gasteiger partial charge is 0.487 e. The molecule has 3 aromatic rings. The van der Waals surface area contributed by atoms with Crippen LogP contribution >= 0.6 is 0 Å². The topological polar surface area (TPSA) is 59.1 Å². The SMILES string of the molecule is Cc1oc(-c2ccccc2)nc1COc1ccc(C=CC=CC#N)cc1. The predicted octanol–water partition coefficient (Wildman–Crippen LogP) is 5.32. The molecule has 128 valence electrons. The second-order valence-corrected chi connectivity index (χ2v) is 5.59. The van der Waals surface area contributed by atoms with Gasteiger partial charge in [0.05, 0.1) is 6.07 Å². The Bertz CT molecular complexity index is 946. The second-order valence-electron chi connectivity index (χ2n) is 5.59. The molecule has 0 spiro atoms. The molecule has 0 saturated heterocycles. The average molecular weight is 342 g/mol. The molecule has 1 heterocycles. The molecule has 0 atom stereocenters. The highest BCUT2D eigenvalue weighted by atomic mass is 16.5. The van der Waals surface area contributed by atoms with Gasteiger partial charge in [0.15, 0.2) is 0 Å². The number of aryl methyl sites for hydroxylation is 1. The number of allylic oxidation sites excluding steroid dienone is 3. The number of nitriles is 1. The van der Waals surface area contributed by atoms with Crippen LogP contribution in [0.1, 0.15) is 17.0 Å². The average Bonchev–Trinajstić information content (AvgIpc) is 3.06. The van der Waals surface area contributed by atoms with Gasteiger partial charge in [0.1, 0.15) is 23.8 Å². The van der Waals surface area contributed by atoms with E-state index >= 15 is 0 Å². The standard InChI is InChI=1S/C22H18N2O2/c1-17-21(24-22(26-17)19-9-5-2-6-10-19)16-25-20-13-11-18(12-14-20)8-4-3-7-15-23/h2-14H,16H2,1H3. The summed E-state index contributed by atoms with van der Waals surface area (Å²) in [5, 5.41) is 8.44. The van der Waals surface area contributed by atoms with Crippen molar-refractivity contribution in [2.75, 3.05) is 0 Å². The van der Waals surface area contributed by atoms with E-state index in [-0.39, 0.29) is 0 Å². The van der Waals surface area contributed by atoms with Gasteiger partial charge < -0.3 is 9.15 Å². The van der Waals surface area contributed by atoms with Gasteiger partial charge in [-0.15, -0.1) is 0 Å². The highest BCUT2D eigenvalue weighted by Gasteiger charge is 2.11. The van der Waals surface area contributed by atoms with Crippen molar-refractivity contribution in [2.45, 2.75) is 13.5 Å². The van der Waals surface area contributed by atoms with Gasteiger partial charge in [0.2, 0.25) is 5.89 Å². The van der Waals surface area contributed by atoms with Gasteiger partial charge >= 0.3 is 0 Å².